The van der Waals surface area contributed by atoms with Crippen LogP contribution in [0.2, 0.25) is 0 Å². The summed E-state index contributed by atoms with van der Waals surface area (Å²) in [7, 11) is 0. The third-order valence-corrected chi connectivity index (χ3v) is 5.67. The lowest BCUT2D eigenvalue weighted by atomic mass is 10.1. The summed E-state index contributed by atoms with van der Waals surface area (Å²) in [5.74, 6) is 0.193. The number of fused-ring (bicyclic) bond motifs is 2. The van der Waals surface area contributed by atoms with Gasteiger partial charge >= 0.3 is 0 Å². The molecule has 1 amide bonds. The Labute approximate surface area is 155 Å². The fourth-order valence-electron chi connectivity index (χ4n) is 3.00. The summed E-state index contributed by atoms with van der Waals surface area (Å²) in [5.41, 5.74) is 2.87. The van der Waals surface area contributed by atoms with Crippen LogP contribution in [0, 0.1) is 0 Å². The monoisotopic (exact) mass is 361 g/mol. The Morgan fingerprint density at radius 3 is 2.85 bits per heavy atom. The topological polar surface area (TPSA) is 54.9 Å². The molecule has 2 heterocycles. The minimum atomic E-state index is 0.0103. The number of nitrogens with one attached hydrogen (secondary N) is 1. The van der Waals surface area contributed by atoms with E-state index in [0.717, 1.165) is 27.0 Å². The number of carbonyl (C=O) groups excluding carboxylic acids is 1. The highest BCUT2D eigenvalue weighted by molar-refractivity contribution is 7.18. The minimum Gasteiger partial charge on any atom is -0.355 e. The van der Waals surface area contributed by atoms with Gasteiger partial charge in [0.1, 0.15) is 0 Å². The summed E-state index contributed by atoms with van der Waals surface area (Å²) in [6.07, 6.45) is 2.10. The highest BCUT2D eigenvalue weighted by Crippen LogP contribution is 2.26. The van der Waals surface area contributed by atoms with Gasteiger partial charge in [-0.05, 0) is 23.8 Å². The first-order valence-electron chi connectivity index (χ1n) is 8.65. The van der Waals surface area contributed by atoms with Crippen molar-refractivity contribution in [2.75, 3.05) is 6.54 Å². The Kier molecular flexibility index (Phi) is 4.63. The molecule has 1 atom stereocenters. The highest BCUT2D eigenvalue weighted by atomic mass is 32.1. The van der Waals surface area contributed by atoms with E-state index >= 15 is 0 Å². The second-order valence-electron chi connectivity index (χ2n) is 6.39. The van der Waals surface area contributed by atoms with Crippen molar-refractivity contribution in [1.29, 1.82) is 0 Å². The van der Waals surface area contributed by atoms with Crippen molar-refractivity contribution in [2.45, 2.75) is 19.3 Å². The molecule has 0 radical (unpaired) electrons. The SMILES string of the molecule is CC(CNC(=O)Cc1cccc2cccnc12)c1nc2ccccc2s1. The quantitative estimate of drug-likeness (QED) is 0.576. The number of amides is 1. The molecule has 0 aliphatic rings. The third-order valence-electron chi connectivity index (χ3n) is 4.40. The number of benzene rings is 2. The van der Waals surface area contributed by atoms with E-state index in [1.165, 1.54) is 4.70 Å². The van der Waals surface area contributed by atoms with E-state index in [-0.39, 0.29) is 11.8 Å². The Bertz CT molecular complexity index is 1030. The van der Waals surface area contributed by atoms with Gasteiger partial charge in [0.25, 0.3) is 0 Å². The molecule has 4 rings (SSSR count). The van der Waals surface area contributed by atoms with Gasteiger partial charge in [0, 0.05) is 24.0 Å². The number of hydrogen-bond donors (Lipinski definition) is 1. The van der Waals surface area contributed by atoms with Crippen molar-refractivity contribution >= 4 is 38.4 Å². The van der Waals surface area contributed by atoms with Crippen LogP contribution in [-0.4, -0.2) is 22.4 Å². The first kappa shape index (κ1) is 16.7. The molecule has 26 heavy (non-hydrogen) atoms. The van der Waals surface area contributed by atoms with Crippen LogP contribution in [-0.2, 0) is 11.2 Å². The molecule has 0 spiro atoms. The van der Waals surface area contributed by atoms with Gasteiger partial charge in [0.05, 0.1) is 27.2 Å². The van der Waals surface area contributed by atoms with Crippen LogP contribution >= 0.6 is 11.3 Å². The smallest absolute Gasteiger partial charge is 0.224 e. The average molecular weight is 361 g/mol. The molecule has 2 aromatic heterocycles. The molecule has 0 fully saturated rings. The normalized spacial score (nSPS) is 12.3. The molecule has 4 nitrogen and oxygen atoms in total. The van der Waals surface area contributed by atoms with Crippen LogP contribution in [0.1, 0.15) is 23.4 Å². The summed E-state index contributed by atoms with van der Waals surface area (Å²) in [4.78, 5) is 21.5. The van der Waals surface area contributed by atoms with Gasteiger partial charge in [-0.2, -0.15) is 0 Å². The number of thiazole rings is 1. The molecule has 4 aromatic rings. The fraction of sp³-hybridized carbons (Fsp3) is 0.190. The first-order valence-corrected chi connectivity index (χ1v) is 9.47. The summed E-state index contributed by atoms with van der Waals surface area (Å²) in [6.45, 7) is 2.67. The van der Waals surface area contributed by atoms with Gasteiger partial charge in [0.2, 0.25) is 5.91 Å². The van der Waals surface area contributed by atoms with Gasteiger partial charge in [0.15, 0.2) is 0 Å². The van der Waals surface area contributed by atoms with Gasteiger partial charge in [-0.3, -0.25) is 9.78 Å². The molecule has 0 bridgehead atoms. The van der Waals surface area contributed by atoms with Crippen molar-refractivity contribution in [3.8, 4) is 0 Å². The summed E-state index contributed by atoms with van der Waals surface area (Å²) < 4.78 is 1.18. The molecule has 1 N–H and O–H groups in total. The molecule has 0 saturated carbocycles. The lowest BCUT2D eigenvalue weighted by Crippen LogP contribution is -2.29. The maximum atomic E-state index is 12.4. The zero-order valence-electron chi connectivity index (χ0n) is 14.5. The Morgan fingerprint density at radius 2 is 1.96 bits per heavy atom. The van der Waals surface area contributed by atoms with Crippen molar-refractivity contribution < 1.29 is 4.79 Å². The molecule has 130 valence electrons. The van der Waals surface area contributed by atoms with E-state index in [2.05, 4.69) is 28.3 Å². The number of pyridine rings is 1. The molecular weight excluding hydrogens is 342 g/mol. The van der Waals surface area contributed by atoms with Crippen LogP contribution in [0.15, 0.2) is 60.8 Å². The number of aromatic nitrogens is 2. The third kappa shape index (κ3) is 3.44. The van der Waals surface area contributed by atoms with Crippen LogP contribution in [0.4, 0.5) is 0 Å². The van der Waals surface area contributed by atoms with Crippen LogP contribution < -0.4 is 5.32 Å². The molecule has 0 aliphatic heterocycles. The molecule has 5 heteroatoms. The van der Waals surface area contributed by atoms with E-state index in [1.54, 1.807) is 17.5 Å². The Balaban J connectivity index is 1.41. The number of para-hydroxylation sites is 2. The molecule has 0 saturated heterocycles. The largest absolute Gasteiger partial charge is 0.355 e. The van der Waals surface area contributed by atoms with Crippen LogP contribution in [0.3, 0.4) is 0 Å². The van der Waals surface area contributed by atoms with Gasteiger partial charge in [-0.15, -0.1) is 11.3 Å². The number of hydrogen-bond acceptors (Lipinski definition) is 4. The van der Waals surface area contributed by atoms with E-state index < -0.39 is 0 Å². The number of rotatable bonds is 5. The maximum Gasteiger partial charge on any atom is 0.224 e. The maximum absolute atomic E-state index is 12.4. The fourth-order valence-corrected chi connectivity index (χ4v) is 4.02. The number of carbonyl (C=O) groups is 1. The van der Waals surface area contributed by atoms with Crippen molar-refractivity contribution in [3.05, 3.63) is 71.4 Å². The predicted octanol–water partition coefficient (Wildman–Crippen LogP) is 4.31. The molecular formula is C21H19N3OS. The first-order chi connectivity index (χ1) is 12.7. The second-order valence-corrected chi connectivity index (χ2v) is 7.46. The van der Waals surface area contributed by atoms with Gasteiger partial charge < -0.3 is 5.32 Å². The van der Waals surface area contributed by atoms with Crippen molar-refractivity contribution in [3.63, 3.8) is 0 Å². The van der Waals surface area contributed by atoms with Crippen LogP contribution in [0.25, 0.3) is 21.1 Å². The van der Waals surface area contributed by atoms with Gasteiger partial charge in [-0.25, -0.2) is 4.98 Å². The van der Waals surface area contributed by atoms with Crippen LogP contribution in [0.5, 0.6) is 0 Å². The van der Waals surface area contributed by atoms with Crippen molar-refractivity contribution in [2.24, 2.45) is 0 Å². The summed E-state index contributed by atoms with van der Waals surface area (Å²) in [6, 6.07) is 18.0. The van der Waals surface area contributed by atoms with Crippen molar-refractivity contribution in [1.82, 2.24) is 15.3 Å². The van der Waals surface area contributed by atoms with Gasteiger partial charge in [-0.1, -0.05) is 43.3 Å². The van der Waals surface area contributed by atoms with E-state index in [4.69, 9.17) is 0 Å². The minimum absolute atomic E-state index is 0.0103. The Hall–Kier alpha value is -2.79. The van der Waals surface area contributed by atoms with E-state index in [0.29, 0.717) is 13.0 Å². The zero-order chi connectivity index (χ0) is 17.9. The highest BCUT2D eigenvalue weighted by Gasteiger charge is 2.14. The van der Waals surface area contributed by atoms with E-state index in [1.807, 2.05) is 48.5 Å². The molecule has 1 unspecified atom stereocenters. The second kappa shape index (κ2) is 7.22. The summed E-state index contributed by atoms with van der Waals surface area (Å²) in [5, 5.41) is 5.15. The molecule has 0 aliphatic carbocycles. The summed E-state index contributed by atoms with van der Waals surface area (Å²) >= 11 is 1.69. The average Bonchev–Trinajstić information content (AvgIpc) is 3.11. The lowest BCUT2D eigenvalue weighted by molar-refractivity contribution is -0.120. The predicted molar refractivity (Wildman–Crippen MR) is 106 cm³/mol. The standard InChI is InChI=1S/C21H19N3OS/c1-14(21-24-17-9-2-3-10-18(17)26-21)13-23-19(25)12-16-7-4-6-15-8-5-11-22-20(15)16/h2-11,14H,12-13H2,1H3,(H,23,25). The Morgan fingerprint density at radius 1 is 1.12 bits per heavy atom. The number of nitrogens with zero attached hydrogens (tertiary/aromatic N) is 2. The van der Waals surface area contributed by atoms with E-state index in [9.17, 15) is 4.79 Å². The molecule has 2 aromatic carbocycles. The zero-order valence-corrected chi connectivity index (χ0v) is 15.3. The lowest BCUT2D eigenvalue weighted by Gasteiger charge is -2.11.